The Morgan fingerprint density at radius 3 is 2.50 bits per heavy atom. The number of hydrogen-bond acceptors (Lipinski definition) is 3. The lowest BCUT2D eigenvalue weighted by Gasteiger charge is -2.42. The Morgan fingerprint density at radius 1 is 1.28 bits per heavy atom. The van der Waals surface area contributed by atoms with Crippen LogP contribution < -0.4 is 5.32 Å². The molecule has 0 radical (unpaired) electrons. The van der Waals surface area contributed by atoms with Gasteiger partial charge in [0.05, 0.1) is 0 Å². The molecule has 1 amide bonds. The van der Waals surface area contributed by atoms with Crippen LogP contribution >= 0.6 is 0 Å². The summed E-state index contributed by atoms with van der Waals surface area (Å²) in [6.45, 7) is 8.33. The van der Waals surface area contributed by atoms with Gasteiger partial charge < -0.3 is 10.2 Å². The van der Waals surface area contributed by atoms with E-state index in [-0.39, 0.29) is 0 Å². The minimum atomic E-state index is 0.357. The maximum Gasteiger partial charge on any atom is 0.223 e. The molecule has 0 saturated carbocycles. The summed E-state index contributed by atoms with van der Waals surface area (Å²) in [6, 6.07) is 0.948. The monoisotopic (exact) mass is 253 g/mol. The molecule has 2 heterocycles. The second-order valence-corrected chi connectivity index (χ2v) is 6.08. The lowest BCUT2D eigenvalue weighted by Crippen LogP contribution is -2.56. The standard InChI is InChI=1S/C14H27N3O/c1-11-9-17(10-12(2)16(11)3)14(18)7-13-5-4-6-15-8-13/h11-13,15H,4-10H2,1-3H3. The highest BCUT2D eigenvalue weighted by atomic mass is 16.2. The van der Waals surface area contributed by atoms with Crippen LogP contribution in [-0.4, -0.2) is 61.0 Å². The first kappa shape index (κ1) is 13.8. The van der Waals surface area contributed by atoms with Crippen LogP contribution in [0.25, 0.3) is 0 Å². The predicted octanol–water partition coefficient (Wildman–Crippen LogP) is 0.927. The van der Waals surface area contributed by atoms with Gasteiger partial charge in [0.2, 0.25) is 5.91 Å². The van der Waals surface area contributed by atoms with E-state index in [1.807, 2.05) is 0 Å². The summed E-state index contributed by atoms with van der Waals surface area (Å²) in [6.07, 6.45) is 3.15. The van der Waals surface area contributed by atoms with Gasteiger partial charge in [-0.05, 0) is 52.7 Å². The molecule has 104 valence electrons. The minimum absolute atomic E-state index is 0.357. The second-order valence-electron chi connectivity index (χ2n) is 6.08. The average molecular weight is 253 g/mol. The topological polar surface area (TPSA) is 35.6 Å². The molecule has 0 aliphatic carbocycles. The fourth-order valence-corrected chi connectivity index (χ4v) is 3.08. The maximum atomic E-state index is 12.3. The van der Waals surface area contributed by atoms with Crippen LogP contribution in [0.2, 0.25) is 0 Å². The second kappa shape index (κ2) is 6.02. The number of amides is 1. The zero-order chi connectivity index (χ0) is 13.1. The Kier molecular flexibility index (Phi) is 4.62. The Morgan fingerprint density at radius 2 is 1.94 bits per heavy atom. The van der Waals surface area contributed by atoms with Crippen molar-refractivity contribution in [3.8, 4) is 0 Å². The van der Waals surface area contributed by atoms with E-state index >= 15 is 0 Å². The van der Waals surface area contributed by atoms with Crippen LogP contribution in [0.5, 0.6) is 0 Å². The summed E-state index contributed by atoms with van der Waals surface area (Å²) in [5, 5.41) is 3.39. The number of piperidine rings is 1. The molecular formula is C14H27N3O. The quantitative estimate of drug-likeness (QED) is 0.795. The molecule has 2 saturated heterocycles. The highest BCUT2D eigenvalue weighted by Gasteiger charge is 2.30. The zero-order valence-electron chi connectivity index (χ0n) is 12.0. The molecule has 2 rings (SSSR count). The molecule has 0 aromatic heterocycles. The summed E-state index contributed by atoms with van der Waals surface area (Å²) in [5.41, 5.74) is 0. The molecule has 0 aromatic carbocycles. The zero-order valence-corrected chi connectivity index (χ0v) is 12.0. The summed E-state index contributed by atoms with van der Waals surface area (Å²) in [5.74, 6) is 0.909. The molecule has 2 aliphatic rings. The van der Waals surface area contributed by atoms with Gasteiger partial charge in [-0.3, -0.25) is 9.69 Å². The molecule has 0 bridgehead atoms. The minimum Gasteiger partial charge on any atom is -0.340 e. The Balaban J connectivity index is 1.85. The summed E-state index contributed by atoms with van der Waals surface area (Å²) in [4.78, 5) is 16.8. The van der Waals surface area contributed by atoms with Gasteiger partial charge in [0.1, 0.15) is 0 Å². The van der Waals surface area contributed by atoms with E-state index < -0.39 is 0 Å². The first-order chi connectivity index (χ1) is 8.58. The number of rotatable bonds is 2. The highest BCUT2D eigenvalue weighted by Crippen LogP contribution is 2.19. The van der Waals surface area contributed by atoms with Crippen LogP contribution in [0.4, 0.5) is 0 Å². The van der Waals surface area contributed by atoms with Crippen molar-refractivity contribution < 1.29 is 4.79 Å². The lowest BCUT2D eigenvalue weighted by molar-refractivity contribution is -0.136. The van der Waals surface area contributed by atoms with Crippen molar-refractivity contribution in [1.29, 1.82) is 0 Å². The van der Waals surface area contributed by atoms with Gasteiger partial charge in [-0.2, -0.15) is 0 Å². The molecule has 4 heteroatoms. The molecule has 2 aliphatic heterocycles. The molecule has 3 atom stereocenters. The first-order valence-corrected chi connectivity index (χ1v) is 7.28. The lowest BCUT2D eigenvalue weighted by atomic mass is 9.95. The van der Waals surface area contributed by atoms with Crippen molar-refractivity contribution in [1.82, 2.24) is 15.1 Å². The SMILES string of the molecule is CC1CN(C(=O)CC2CCCNC2)CC(C)N1C. The fourth-order valence-electron chi connectivity index (χ4n) is 3.08. The van der Waals surface area contributed by atoms with E-state index in [1.54, 1.807) is 0 Å². The van der Waals surface area contributed by atoms with Gasteiger partial charge in [0.15, 0.2) is 0 Å². The molecule has 18 heavy (non-hydrogen) atoms. The van der Waals surface area contributed by atoms with Crippen molar-refractivity contribution >= 4 is 5.91 Å². The van der Waals surface area contributed by atoms with Crippen molar-refractivity contribution in [2.24, 2.45) is 5.92 Å². The largest absolute Gasteiger partial charge is 0.340 e. The first-order valence-electron chi connectivity index (χ1n) is 7.28. The van der Waals surface area contributed by atoms with Gasteiger partial charge in [-0.15, -0.1) is 0 Å². The van der Waals surface area contributed by atoms with Gasteiger partial charge in [-0.1, -0.05) is 0 Å². The van der Waals surface area contributed by atoms with Crippen LogP contribution in [0.1, 0.15) is 33.1 Å². The molecule has 2 fully saturated rings. The number of hydrogen-bond donors (Lipinski definition) is 1. The molecule has 0 spiro atoms. The van der Waals surface area contributed by atoms with Crippen molar-refractivity contribution in [2.45, 2.75) is 45.2 Å². The number of carbonyl (C=O) groups is 1. The third-order valence-electron chi connectivity index (χ3n) is 4.57. The van der Waals surface area contributed by atoms with Crippen molar-refractivity contribution in [3.63, 3.8) is 0 Å². The van der Waals surface area contributed by atoms with E-state index in [2.05, 4.69) is 36.0 Å². The number of likely N-dealkylation sites (N-methyl/N-ethyl adjacent to an activating group) is 1. The molecule has 4 nitrogen and oxygen atoms in total. The van der Waals surface area contributed by atoms with Gasteiger partial charge in [0.25, 0.3) is 0 Å². The summed E-state index contributed by atoms with van der Waals surface area (Å²) in [7, 11) is 2.15. The number of carbonyl (C=O) groups excluding carboxylic acids is 1. The summed E-state index contributed by atoms with van der Waals surface area (Å²) < 4.78 is 0. The Hall–Kier alpha value is -0.610. The number of nitrogens with one attached hydrogen (secondary N) is 1. The Labute approximate surface area is 111 Å². The number of piperazine rings is 1. The smallest absolute Gasteiger partial charge is 0.223 e. The van der Waals surface area contributed by atoms with E-state index in [0.29, 0.717) is 23.9 Å². The normalized spacial score (nSPS) is 34.6. The van der Waals surface area contributed by atoms with E-state index in [0.717, 1.165) is 32.6 Å². The third kappa shape index (κ3) is 3.23. The number of nitrogens with zero attached hydrogens (tertiary/aromatic N) is 2. The third-order valence-corrected chi connectivity index (χ3v) is 4.57. The molecule has 3 unspecified atom stereocenters. The summed E-state index contributed by atoms with van der Waals surface area (Å²) >= 11 is 0. The van der Waals surface area contributed by atoms with Crippen LogP contribution in [0.3, 0.4) is 0 Å². The molecule has 1 N–H and O–H groups in total. The molecular weight excluding hydrogens is 226 g/mol. The maximum absolute atomic E-state index is 12.3. The van der Waals surface area contributed by atoms with Gasteiger partial charge in [-0.25, -0.2) is 0 Å². The predicted molar refractivity (Wildman–Crippen MR) is 73.5 cm³/mol. The molecule has 0 aromatic rings. The van der Waals surface area contributed by atoms with E-state index in [9.17, 15) is 4.79 Å². The van der Waals surface area contributed by atoms with Crippen LogP contribution in [0.15, 0.2) is 0 Å². The van der Waals surface area contributed by atoms with Gasteiger partial charge in [0, 0.05) is 31.6 Å². The van der Waals surface area contributed by atoms with Crippen LogP contribution in [-0.2, 0) is 4.79 Å². The van der Waals surface area contributed by atoms with E-state index in [4.69, 9.17) is 0 Å². The fraction of sp³-hybridized carbons (Fsp3) is 0.929. The van der Waals surface area contributed by atoms with E-state index in [1.165, 1.54) is 12.8 Å². The van der Waals surface area contributed by atoms with Gasteiger partial charge >= 0.3 is 0 Å². The van der Waals surface area contributed by atoms with Crippen molar-refractivity contribution in [2.75, 3.05) is 33.2 Å². The van der Waals surface area contributed by atoms with Crippen LogP contribution in [0, 0.1) is 5.92 Å². The highest BCUT2D eigenvalue weighted by molar-refractivity contribution is 5.76. The average Bonchev–Trinajstić information content (AvgIpc) is 2.36. The Bertz CT molecular complexity index is 277. The van der Waals surface area contributed by atoms with Crippen molar-refractivity contribution in [3.05, 3.63) is 0 Å².